The third-order valence-electron chi connectivity index (χ3n) is 2.97. The lowest BCUT2D eigenvalue weighted by Gasteiger charge is -2.15. The average molecular weight is 303 g/mol. The van der Waals surface area contributed by atoms with Crippen LogP contribution in [-0.4, -0.2) is 46.4 Å². The molecule has 1 aromatic carbocycles. The fraction of sp³-hybridized carbons (Fsp3) is 0.600. The van der Waals surface area contributed by atoms with Gasteiger partial charge in [0.25, 0.3) is 6.43 Å². The van der Waals surface area contributed by atoms with E-state index in [9.17, 15) is 8.78 Å². The van der Waals surface area contributed by atoms with Crippen molar-refractivity contribution in [1.29, 1.82) is 0 Å². The van der Waals surface area contributed by atoms with E-state index in [-0.39, 0.29) is 12.6 Å². The fourth-order valence-corrected chi connectivity index (χ4v) is 1.98. The molecule has 1 N–H and O–H groups in total. The fourth-order valence-electron chi connectivity index (χ4n) is 1.98. The number of ether oxygens (including phenoxy) is 3. The summed E-state index contributed by atoms with van der Waals surface area (Å²) in [6, 6.07) is 5.99. The second kappa shape index (κ2) is 9.52. The summed E-state index contributed by atoms with van der Waals surface area (Å²) in [5.41, 5.74) is 1.11. The molecule has 0 heterocycles. The standard InChI is InChI=1S/C15H23F2NO3/c1-11(18-6-7-21-10-15(16)17)8-12-4-5-13(19-2)14(9-12)20-3/h4-5,9,11,15,18H,6-8,10H2,1-3H3. The predicted molar refractivity (Wildman–Crippen MR) is 77.5 cm³/mol. The van der Waals surface area contributed by atoms with E-state index >= 15 is 0 Å². The number of alkyl halides is 2. The van der Waals surface area contributed by atoms with Crippen LogP contribution in [0.25, 0.3) is 0 Å². The minimum absolute atomic E-state index is 0.207. The Kier molecular flexibility index (Phi) is 8.00. The minimum atomic E-state index is -2.41. The molecule has 0 aliphatic rings. The van der Waals surface area contributed by atoms with Gasteiger partial charge in [0.05, 0.1) is 20.8 Å². The maximum Gasteiger partial charge on any atom is 0.261 e. The van der Waals surface area contributed by atoms with Crippen LogP contribution in [0.3, 0.4) is 0 Å². The second-order valence-electron chi connectivity index (χ2n) is 4.71. The molecule has 0 radical (unpaired) electrons. The van der Waals surface area contributed by atoms with E-state index in [0.29, 0.717) is 18.0 Å². The second-order valence-corrected chi connectivity index (χ2v) is 4.71. The molecule has 4 nitrogen and oxygen atoms in total. The summed E-state index contributed by atoms with van der Waals surface area (Å²) in [7, 11) is 3.20. The van der Waals surface area contributed by atoms with Crippen molar-refractivity contribution in [3.05, 3.63) is 23.8 Å². The van der Waals surface area contributed by atoms with Crippen LogP contribution < -0.4 is 14.8 Å². The van der Waals surface area contributed by atoms with Crippen molar-refractivity contribution in [2.45, 2.75) is 25.8 Å². The van der Waals surface area contributed by atoms with Crippen LogP contribution in [0, 0.1) is 0 Å². The Bertz CT molecular complexity index is 416. The first-order valence-electron chi connectivity index (χ1n) is 6.87. The molecule has 0 aliphatic carbocycles. The highest BCUT2D eigenvalue weighted by Gasteiger charge is 2.08. The van der Waals surface area contributed by atoms with Gasteiger partial charge in [0.1, 0.15) is 6.61 Å². The number of hydrogen-bond acceptors (Lipinski definition) is 4. The maximum atomic E-state index is 11.9. The lowest BCUT2D eigenvalue weighted by Crippen LogP contribution is -2.31. The van der Waals surface area contributed by atoms with Crippen molar-refractivity contribution in [2.75, 3.05) is 34.0 Å². The van der Waals surface area contributed by atoms with Crippen LogP contribution in [0.2, 0.25) is 0 Å². The smallest absolute Gasteiger partial charge is 0.261 e. The van der Waals surface area contributed by atoms with Crippen molar-refractivity contribution in [3.63, 3.8) is 0 Å². The highest BCUT2D eigenvalue weighted by molar-refractivity contribution is 5.43. The zero-order valence-corrected chi connectivity index (χ0v) is 12.7. The van der Waals surface area contributed by atoms with E-state index in [1.165, 1.54) is 0 Å². The highest BCUT2D eigenvalue weighted by atomic mass is 19.3. The van der Waals surface area contributed by atoms with Gasteiger partial charge in [0, 0.05) is 12.6 Å². The van der Waals surface area contributed by atoms with E-state index in [1.807, 2.05) is 25.1 Å². The quantitative estimate of drug-likeness (QED) is 0.674. The molecule has 0 amide bonds. The zero-order valence-electron chi connectivity index (χ0n) is 12.7. The van der Waals surface area contributed by atoms with Gasteiger partial charge in [-0.3, -0.25) is 0 Å². The van der Waals surface area contributed by atoms with Crippen LogP contribution in [0.4, 0.5) is 8.78 Å². The molecular weight excluding hydrogens is 280 g/mol. The highest BCUT2D eigenvalue weighted by Crippen LogP contribution is 2.27. The van der Waals surface area contributed by atoms with Crippen LogP contribution in [0.15, 0.2) is 18.2 Å². The number of hydrogen-bond donors (Lipinski definition) is 1. The Hall–Kier alpha value is -1.40. The third kappa shape index (κ3) is 6.73. The first-order chi connectivity index (χ1) is 10.1. The molecule has 0 saturated heterocycles. The third-order valence-corrected chi connectivity index (χ3v) is 2.97. The molecule has 21 heavy (non-hydrogen) atoms. The normalized spacial score (nSPS) is 12.5. The Labute approximate surface area is 124 Å². The summed E-state index contributed by atoms with van der Waals surface area (Å²) in [5.74, 6) is 1.39. The zero-order chi connectivity index (χ0) is 15.7. The van der Waals surface area contributed by atoms with Crippen LogP contribution in [0.1, 0.15) is 12.5 Å². The average Bonchev–Trinajstić information content (AvgIpc) is 2.46. The maximum absolute atomic E-state index is 11.9. The molecule has 1 aromatic rings. The molecule has 0 bridgehead atoms. The Morgan fingerprint density at radius 1 is 1.14 bits per heavy atom. The van der Waals surface area contributed by atoms with Gasteiger partial charge in [-0.1, -0.05) is 6.07 Å². The van der Waals surface area contributed by atoms with E-state index < -0.39 is 13.0 Å². The Morgan fingerprint density at radius 3 is 2.48 bits per heavy atom. The predicted octanol–water partition coefficient (Wildman–Crippen LogP) is 2.51. The van der Waals surface area contributed by atoms with Crippen molar-refractivity contribution in [1.82, 2.24) is 5.32 Å². The van der Waals surface area contributed by atoms with Gasteiger partial charge in [-0.25, -0.2) is 8.78 Å². The number of methoxy groups -OCH3 is 2. The molecule has 1 atom stereocenters. The van der Waals surface area contributed by atoms with E-state index in [0.717, 1.165) is 12.0 Å². The SMILES string of the molecule is COc1ccc(CC(C)NCCOCC(F)F)cc1OC. The molecule has 1 unspecified atom stereocenters. The minimum Gasteiger partial charge on any atom is -0.493 e. The first kappa shape index (κ1) is 17.7. The van der Waals surface area contributed by atoms with E-state index in [2.05, 4.69) is 5.32 Å². The summed E-state index contributed by atoms with van der Waals surface area (Å²) in [5, 5.41) is 3.23. The summed E-state index contributed by atoms with van der Waals surface area (Å²) in [4.78, 5) is 0. The largest absolute Gasteiger partial charge is 0.493 e. The van der Waals surface area contributed by atoms with Gasteiger partial charge in [-0.05, 0) is 31.0 Å². The van der Waals surface area contributed by atoms with Gasteiger partial charge in [-0.15, -0.1) is 0 Å². The Balaban J connectivity index is 2.35. The van der Waals surface area contributed by atoms with Gasteiger partial charge in [0.15, 0.2) is 11.5 Å². The van der Waals surface area contributed by atoms with Crippen molar-refractivity contribution >= 4 is 0 Å². The monoisotopic (exact) mass is 303 g/mol. The molecule has 0 saturated carbocycles. The molecule has 0 fully saturated rings. The topological polar surface area (TPSA) is 39.7 Å². The summed E-state index contributed by atoms with van der Waals surface area (Å²) < 4.78 is 39.0. The van der Waals surface area contributed by atoms with Gasteiger partial charge >= 0.3 is 0 Å². The van der Waals surface area contributed by atoms with Crippen LogP contribution in [0.5, 0.6) is 11.5 Å². The lowest BCUT2D eigenvalue weighted by atomic mass is 10.1. The number of nitrogens with one attached hydrogen (secondary N) is 1. The van der Waals surface area contributed by atoms with Crippen molar-refractivity contribution < 1.29 is 23.0 Å². The number of halogens is 2. The van der Waals surface area contributed by atoms with Crippen molar-refractivity contribution in [2.24, 2.45) is 0 Å². The lowest BCUT2D eigenvalue weighted by molar-refractivity contribution is 0.0183. The summed E-state index contributed by atoms with van der Waals surface area (Å²) >= 11 is 0. The van der Waals surface area contributed by atoms with E-state index in [1.54, 1.807) is 14.2 Å². The molecular formula is C15H23F2NO3. The molecule has 0 aromatic heterocycles. The Morgan fingerprint density at radius 2 is 1.86 bits per heavy atom. The molecule has 1 rings (SSSR count). The van der Waals surface area contributed by atoms with Gasteiger partial charge in [-0.2, -0.15) is 0 Å². The first-order valence-corrected chi connectivity index (χ1v) is 6.87. The van der Waals surface area contributed by atoms with E-state index in [4.69, 9.17) is 14.2 Å². The molecule has 0 aliphatic heterocycles. The molecule has 6 heteroatoms. The van der Waals surface area contributed by atoms with Gasteiger partial charge in [0.2, 0.25) is 0 Å². The molecule has 0 spiro atoms. The van der Waals surface area contributed by atoms with Crippen LogP contribution >= 0.6 is 0 Å². The van der Waals surface area contributed by atoms with Gasteiger partial charge < -0.3 is 19.5 Å². The number of benzene rings is 1. The van der Waals surface area contributed by atoms with Crippen molar-refractivity contribution in [3.8, 4) is 11.5 Å². The summed E-state index contributed by atoms with van der Waals surface area (Å²) in [6.45, 7) is 2.34. The number of rotatable bonds is 10. The van der Waals surface area contributed by atoms with Crippen LogP contribution in [-0.2, 0) is 11.2 Å². The molecule has 120 valence electrons. The summed E-state index contributed by atoms with van der Waals surface area (Å²) in [6.07, 6.45) is -1.61.